The minimum atomic E-state index is -5.13. The third kappa shape index (κ3) is 6.64. The molecule has 0 aliphatic heterocycles. The number of carbonyl (C=O) groups is 2. The van der Waals surface area contributed by atoms with E-state index in [1.807, 2.05) is 0 Å². The van der Waals surface area contributed by atoms with Crippen molar-refractivity contribution in [3.05, 3.63) is 76.4 Å². The van der Waals surface area contributed by atoms with Crippen LogP contribution in [-0.4, -0.2) is 24.0 Å². The SMILES string of the molecule is O=C(CC(F)(F)F)NC1CCc2cc(C(=O)C=C(c3cccc(C(F)(F)F)c3)C(F)(F)F)ccc21. The van der Waals surface area contributed by atoms with Gasteiger partial charge >= 0.3 is 18.5 Å². The Hall–Kier alpha value is -3.31. The third-order valence-corrected chi connectivity index (χ3v) is 5.28. The van der Waals surface area contributed by atoms with Crippen LogP contribution in [0.4, 0.5) is 39.5 Å². The molecule has 2 aromatic carbocycles. The number of aryl methyl sites for hydroxylation is 1. The van der Waals surface area contributed by atoms with Crippen LogP contribution < -0.4 is 5.32 Å². The number of halogens is 9. The molecule has 1 aliphatic rings. The summed E-state index contributed by atoms with van der Waals surface area (Å²) in [5, 5.41) is 2.23. The molecule has 0 fully saturated rings. The van der Waals surface area contributed by atoms with E-state index in [1.54, 1.807) is 0 Å². The van der Waals surface area contributed by atoms with Crippen molar-refractivity contribution < 1.29 is 49.1 Å². The molecule has 188 valence electrons. The van der Waals surface area contributed by atoms with Crippen LogP contribution in [0.1, 0.15) is 51.5 Å². The van der Waals surface area contributed by atoms with E-state index in [1.165, 1.54) is 12.1 Å². The predicted octanol–water partition coefficient (Wildman–Crippen LogP) is 6.59. The van der Waals surface area contributed by atoms with Crippen LogP contribution >= 0.6 is 0 Å². The lowest BCUT2D eigenvalue weighted by atomic mass is 9.97. The summed E-state index contributed by atoms with van der Waals surface area (Å²) in [5.74, 6) is -2.36. The molecule has 1 amide bonds. The first kappa shape index (κ1) is 26.3. The van der Waals surface area contributed by atoms with Crippen LogP contribution in [0.25, 0.3) is 5.57 Å². The molecular formula is C23H16F9NO2. The highest BCUT2D eigenvalue weighted by Gasteiger charge is 2.38. The number of fused-ring (bicyclic) bond motifs is 1. The largest absolute Gasteiger partial charge is 0.417 e. The standard InChI is InChI=1S/C23H16F9NO2/c24-21(25,26)11-20(35)33-18-7-5-12-8-14(4-6-16(12)18)19(34)10-17(23(30,31)32)13-2-1-3-15(9-13)22(27,28)29/h1-4,6,8-10,18H,5,7,11H2,(H,33,35). The van der Waals surface area contributed by atoms with Gasteiger partial charge in [-0.3, -0.25) is 9.59 Å². The number of carbonyl (C=O) groups excluding carboxylic acids is 2. The van der Waals surface area contributed by atoms with E-state index in [0.717, 1.165) is 18.2 Å². The van der Waals surface area contributed by atoms with Crippen molar-refractivity contribution >= 4 is 17.3 Å². The summed E-state index contributed by atoms with van der Waals surface area (Å²) in [6.07, 6.45) is -15.7. The summed E-state index contributed by atoms with van der Waals surface area (Å²) in [6.45, 7) is 0. The predicted molar refractivity (Wildman–Crippen MR) is 106 cm³/mol. The molecule has 35 heavy (non-hydrogen) atoms. The van der Waals surface area contributed by atoms with Gasteiger partial charge in [-0.05, 0) is 53.8 Å². The average Bonchev–Trinajstić information content (AvgIpc) is 3.11. The zero-order chi connectivity index (χ0) is 26.2. The van der Waals surface area contributed by atoms with Crippen LogP contribution in [0.2, 0.25) is 0 Å². The number of amides is 1. The number of allylic oxidation sites excluding steroid dienone is 2. The molecule has 2 aromatic rings. The molecule has 0 radical (unpaired) electrons. The summed E-state index contributed by atoms with van der Waals surface area (Å²) >= 11 is 0. The Morgan fingerprint density at radius 1 is 0.914 bits per heavy atom. The van der Waals surface area contributed by atoms with Gasteiger partial charge in [0.15, 0.2) is 5.78 Å². The molecule has 0 spiro atoms. The van der Waals surface area contributed by atoms with Gasteiger partial charge in [-0.1, -0.05) is 24.3 Å². The van der Waals surface area contributed by atoms with E-state index in [2.05, 4.69) is 5.32 Å². The summed E-state index contributed by atoms with van der Waals surface area (Å²) in [5.41, 5.74) is -3.03. The van der Waals surface area contributed by atoms with E-state index >= 15 is 0 Å². The molecule has 3 nitrogen and oxygen atoms in total. The highest BCUT2D eigenvalue weighted by Crippen LogP contribution is 2.38. The van der Waals surface area contributed by atoms with Gasteiger partial charge in [0.25, 0.3) is 0 Å². The second-order valence-corrected chi connectivity index (χ2v) is 7.86. The number of hydrogen-bond donors (Lipinski definition) is 1. The lowest BCUT2D eigenvalue weighted by Gasteiger charge is -2.16. The minimum absolute atomic E-state index is 0.195. The fraction of sp³-hybridized carbons (Fsp3) is 0.304. The van der Waals surface area contributed by atoms with Crippen molar-refractivity contribution in [2.75, 3.05) is 0 Å². The zero-order valence-electron chi connectivity index (χ0n) is 17.5. The van der Waals surface area contributed by atoms with E-state index in [4.69, 9.17) is 0 Å². The normalized spacial score (nSPS) is 16.7. The van der Waals surface area contributed by atoms with Gasteiger partial charge in [0.05, 0.1) is 17.2 Å². The number of hydrogen-bond acceptors (Lipinski definition) is 2. The fourth-order valence-corrected chi connectivity index (χ4v) is 3.75. The van der Waals surface area contributed by atoms with Crippen LogP contribution in [0.3, 0.4) is 0 Å². The molecule has 1 unspecified atom stereocenters. The quantitative estimate of drug-likeness (QED) is 0.281. The van der Waals surface area contributed by atoms with Crippen LogP contribution in [-0.2, 0) is 17.4 Å². The molecule has 3 rings (SSSR count). The topological polar surface area (TPSA) is 46.2 Å². The number of rotatable bonds is 5. The molecule has 12 heteroatoms. The Morgan fingerprint density at radius 2 is 1.60 bits per heavy atom. The maximum atomic E-state index is 13.6. The first-order chi connectivity index (χ1) is 16.0. The van der Waals surface area contributed by atoms with Crippen molar-refractivity contribution in [3.63, 3.8) is 0 Å². The first-order valence-corrected chi connectivity index (χ1v) is 10.0. The van der Waals surface area contributed by atoms with Crippen molar-refractivity contribution in [1.29, 1.82) is 0 Å². The van der Waals surface area contributed by atoms with Crippen molar-refractivity contribution in [1.82, 2.24) is 5.32 Å². The number of ketones is 1. The molecule has 1 N–H and O–H groups in total. The fourth-order valence-electron chi connectivity index (χ4n) is 3.75. The van der Waals surface area contributed by atoms with E-state index in [9.17, 15) is 49.1 Å². The maximum Gasteiger partial charge on any atom is 0.417 e. The zero-order valence-corrected chi connectivity index (χ0v) is 17.5. The summed E-state index contributed by atoms with van der Waals surface area (Å²) < 4.78 is 117. The average molecular weight is 509 g/mol. The summed E-state index contributed by atoms with van der Waals surface area (Å²) in [4.78, 5) is 24.1. The molecule has 0 aromatic heterocycles. The minimum Gasteiger partial charge on any atom is -0.349 e. The monoisotopic (exact) mass is 509 g/mol. The molecule has 0 heterocycles. The van der Waals surface area contributed by atoms with Gasteiger partial charge in [0.2, 0.25) is 5.91 Å². The van der Waals surface area contributed by atoms with Crippen molar-refractivity contribution in [3.8, 4) is 0 Å². The van der Waals surface area contributed by atoms with E-state index in [0.29, 0.717) is 23.3 Å². The number of nitrogens with one attached hydrogen (secondary N) is 1. The Bertz CT molecular complexity index is 1160. The molecule has 0 saturated carbocycles. The molecule has 0 saturated heterocycles. The molecule has 1 atom stereocenters. The van der Waals surface area contributed by atoms with Crippen molar-refractivity contribution in [2.24, 2.45) is 0 Å². The molecular weight excluding hydrogens is 493 g/mol. The molecule has 1 aliphatic carbocycles. The maximum absolute atomic E-state index is 13.6. The molecule has 0 bridgehead atoms. The Kier molecular flexibility index (Phi) is 7.05. The van der Waals surface area contributed by atoms with Crippen molar-refractivity contribution in [2.45, 2.75) is 43.8 Å². The lowest BCUT2D eigenvalue weighted by Crippen LogP contribution is -2.31. The van der Waals surface area contributed by atoms with E-state index < -0.39 is 59.4 Å². The van der Waals surface area contributed by atoms with Gasteiger partial charge in [0.1, 0.15) is 6.42 Å². The van der Waals surface area contributed by atoms with Gasteiger partial charge in [-0.2, -0.15) is 39.5 Å². The van der Waals surface area contributed by atoms with Gasteiger partial charge in [-0.25, -0.2) is 0 Å². The Labute approximate surface area is 192 Å². The lowest BCUT2D eigenvalue weighted by molar-refractivity contribution is -0.154. The second-order valence-electron chi connectivity index (χ2n) is 7.86. The Balaban J connectivity index is 1.87. The third-order valence-electron chi connectivity index (χ3n) is 5.28. The van der Waals surface area contributed by atoms with Gasteiger partial charge < -0.3 is 5.32 Å². The second kappa shape index (κ2) is 9.38. The highest BCUT2D eigenvalue weighted by molar-refractivity contribution is 6.09. The highest BCUT2D eigenvalue weighted by atomic mass is 19.4. The summed E-state index contributed by atoms with van der Waals surface area (Å²) in [7, 11) is 0. The Morgan fingerprint density at radius 3 is 2.20 bits per heavy atom. The smallest absolute Gasteiger partial charge is 0.349 e. The van der Waals surface area contributed by atoms with Crippen LogP contribution in [0.15, 0.2) is 48.5 Å². The summed E-state index contributed by atoms with van der Waals surface area (Å²) in [6, 6.07) is 5.46. The number of benzene rings is 2. The first-order valence-electron chi connectivity index (χ1n) is 10.0. The van der Waals surface area contributed by atoms with Gasteiger partial charge in [-0.15, -0.1) is 0 Å². The van der Waals surface area contributed by atoms with Gasteiger partial charge in [0, 0.05) is 5.56 Å². The van der Waals surface area contributed by atoms with E-state index in [-0.39, 0.29) is 24.5 Å². The van der Waals surface area contributed by atoms with Crippen LogP contribution in [0, 0.1) is 0 Å². The van der Waals surface area contributed by atoms with Crippen LogP contribution in [0.5, 0.6) is 0 Å². The number of alkyl halides is 9.